The van der Waals surface area contributed by atoms with Gasteiger partial charge in [-0.1, -0.05) is 48.5 Å². The second kappa shape index (κ2) is 8.08. The highest BCUT2D eigenvalue weighted by molar-refractivity contribution is 5.84. The number of aromatic amines is 1. The Morgan fingerprint density at radius 2 is 1.83 bits per heavy atom. The van der Waals surface area contributed by atoms with Crippen molar-refractivity contribution in [2.24, 2.45) is 0 Å². The summed E-state index contributed by atoms with van der Waals surface area (Å²) in [6, 6.07) is 24.6. The lowest BCUT2D eigenvalue weighted by Crippen LogP contribution is -2.15. The summed E-state index contributed by atoms with van der Waals surface area (Å²) in [6.45, 7) is 7.15. The summed E-state index contributed by atoms with van der Waals surface area (Å²) in [6.07, 6.45) is 3.02. The van der Waals surface area contributed by atoms with Crippen molar-refractivity contribution >= 4 is 16.6 Å². The standard InChI is InChI=1S/C26H23N3/c1-18-9-10-26-25(13-18)24(17-29-26)11-12-28-19(2)21-6-4-8-23(15-21)22-7-3-5-20(14-22)16-27/h3-10,13-15,17,28-29H,2,11-12H2,1H3. The van der Waals surface area contributed by atoms with Gasteiger partial charge in [0.05, 0.1) is 11.6 Å². The molecule has 2 N–H and O–H groups in total. The van der Waals surface area contributed by atoms with Gasteiger partial charge >= 0.3 is 0 Å². The summed E-state index contributed by atoms with van der Waals surface area (Å²) in [5, 5.41) is 13.9. The second-order valence-electron chi connectivity index (χ2n) is 7.29. The topological polar surface area (TPSA) is 51.6 Å². The number of rotatable bonds is 6. The first-order valence-corrected chi connectivity index (χ1v) is 9.74. The summed E-state index contributed by atoms with van der Waals surface area (Å²) < 4.78 is 0. The SMILES string of the molecule is C=C(NCCc1c[nH]c2ccc(C)cc12)c1cccc(-c2cccc(C#N)c2)c1. The minimum Gasteiger partial charge on any atom is -0.385 e. The van der Waals surface area contributed by atoms with Gasteiger partial charge in [0, 0.05) is 29.3 Å². The maximum atomic E-state index is 9.13. The zero-order chi connectivity index (χ0) is 20.2. The Morgan fingerprint density at radius 1 is 1.03 bits per heavy atom. The molecule has 1 heterocycles. The molecule has 0 unspecified atom stereocenters. The zero-order valence-corrected chi connectivity index (χ0v) is 16.5. The molecule has 3 nitrogen and oxygen atoms in total. The highest BCUT2D eigenvalue weighted by atomic mass is 14.9. The molecule has 0 bridgehead atoms. The Kier molecular flexibility index (Phi) is 5.18. The number of hydrogen-bond donors (Lipinski definition) is 2. The molecule has 0 spiro atoms. The predicted molar refractivity (Wildman–Crippen MR) is 120 cm³/mol. The minimum atomic E-state index is 0.666. The van der Waals surface area contributed by atoms with Crippen LogP contribution in [-0.4, -0.2) is 11.5 Å². The lowest BCUT2D eigenvalue weighted by atomic mass is 10.0. The fourth-order valence-corrected chi connectivity index (χ4v) is 3.60. The summed E-state index contributed by atoms with van der Waals surface area (Å²) in [4.78, 5) is 3.35. The first-order valence-electron chi connectivity index (χ1n) is 9.74. The number of H-pyrrole nitrogens is 1. The van der Waals surface area contributed by atoms with Gasteiger partial charge in [-0.3, -0.25) is 0 Å². The van der Waals surface area contributed by atoms with E-state index >= 15 is 0 Å². The van der Waals surface area contributed by atoms with Crippen LogP contribution in [0.3, 0.4) is 0 Å². The van der Waals surface area contributed by atoms with E-state index in [1.54, 1.807) is 0 Å². The van der Waals surface area contributed by atoms with Crippen LogP contribution < -0.4 is 5.32 Å². The molecule has 3 aromatic carbocycles. The van der Waals surface area contributed by atoms with Crippen molar-refractivity contribution in [2.75, 3.05) is 6.54 Å². The fraction of sp³-hybridized carbons (Fsp3) is 0.115. The Morgan fingerprint density at radius 3 is 2.66 bits per heavy atom. The van der Waals surface area contributed by atoms with Crippen LogP contribution in [0.4, 0.5) is 0 Å². The van der Waals surface area contributed by atoms with Crippen LogP contribution in [0.2, 0.25) is 0 Å². The van der Waals surface area contributed by atoms with E-state index in [4.69, 9.17) is 5.26 Å². The maximum Gasteiger partial charge on any atom is 0.0991 e. The molecule has 0 amide bonds. The van der Waals surface area contributed by atoms with Gasteiger partial charge < -0.3 is 10.3 Å². The molecule has 3 heteroatoms. The van der Waals surface area contributed by atoms with Gasteiger partial charge in [0.2, 0.25) is 0 Å². The smallest absolute Gasteiger partial charge is 0.0991 e. The van der Waals surface area contributed by atoms with Crippen LogP contribution >= 0.6 is 0 Å². The van der Waals surface area contributed by atoms with Gasteiger partial charge in [-0.15, -0.1) is 0 Å². The average molecular weight is 377 g/mol. The quantitative estimate of drug-likeness (QED) is 0.445. The Bertz CT molecular complexity index is 1220. The number of nitrogens with one attached hydrogen (secondary N) is 2. The van der Waals surface area contributed by atoms with Crippen molar-refractivity contribution < 1.29 is 0 Å². The molecular weight excluding hydrogens is 354 g/mol. The predicted octanol–water partition coefficient (Wildman–Crippen LogP) is 5.82. The van der Waals surface area contributed by atoms with Crippen LogP contribution in [0.5, 0.6) is 0 Å². The largest absolute Gasteiger partial charge is 0.385 e. The third kappa shape index (κ3) is 4.07. The number of hydrogen-bond acceptors (Lipinski definition) is 2. The van der Waals surface area contributed by atoms with Crippen LogP contribution in [0.25, 0.3) is 27.7 Å². The molecule has 0 radical (unpaired) electrons. The van der Waals surface area contributed by atoms with Crippen LogP contribution in [0.15, 0.2) is 79.5 Å². The Labute approximate surface area is 171 Å². The monoisotopic (exact) mass is 377 g/mol. The number of benzene rings is 3. The van der Waals surface area contributed by atoms with Gasteiger partial charge in [-0.05, 0) is 65.9 Å². The molecule has 0 aliphatic heterocycles. The van der Waals surface area contributed by atoms with E-state index in [1.165, 1.54) is 22.0 Å². The van der Waals surface area contributed by atoms with Crippen LogP contribution in [-0.2, 0) is 6.42 Å². The van der Waals surface area contributed by atoms with Crippen molar-refractivity contribution in [3.05, 3.63) is 102 Å². The lowest BCUT2D eigenvalue weighted by molar-refractivity contribution is 0.853. The normalized spacial score (nSPS) is 10.6. The highest BCUT2D eigenvalue weighted by Crippen LogP contribution is 2.24. The average Bonchev–Trinajstić information content (AvgIpc) is 3.16. The van der Waals surface area contributed by atoms with Gasteiger partial charge in [-0.2, -0.15) is 5.26 Å². The third-order valence-electron chi connectivity index (χ3n) is 5.19. The van der Waals surface area contributed by atoms with Crippen molar-refractivity contribution in [1.29, 1.82) is 5.26 Å². The summed E-state index contributed by atoms with van der Waals surface area (Å²) in [5.41, 5.74) is 8.50. The molecule has 0 aliphatic carbocycles. The molecule has 0 atom stereocenters. The van der Waals surface area contributed by atoms with E-state index < -0.39 is 0 Å². The first kappa shape index (κ1) is 18.6. The summed E-state index contributed by atoms with van der Waals surface area (Å²) in [5.74, 6) is 0. The van der Waals surface area contributed by atoms with E-state index in [9.17, 15) is 0 Å². The molecule has 29 heavy (non-hydrogen) atoms. The van der Waals surface area contributed by atoms with Crippen molar-refractivity contribution in [3.63, 3.8) is 0 Å². The third-order valence-corrected chi connectivity index (χ3v) is 5.19. The van der Waals surface area contributed by atoms with Crippen molar-refractivity contribution in [2.45, 2.75) is 13.3 Å². The van der Waals surface area contributed by atoms with E-state index in [0.29, 0.717) is 5.56 Å². The molecule has 0 aliphatic rings. The molecule has 1 aromatic heterocycles. The van der Waals surface area contributed by atoms with Gasteiger partial charge in [0.1, 0.15) is 0 Å². The molecule has 4 aromatic rings. The molecule has 0 fully saturated rings. The maximum absolute atomic E-state index is 9.13. The number of nitrogens with zero attached hydrogens (tertiary/aromatic N) is 1. The van der Waals surface area contributed by atoms with Gasteiger partial charge in [0.15, 0.2) is 0 Å². The van der Waals surface area contributed by atoms with Gasteiger partial charge in [-0.25, -0.2) is 0 Å². The molecule has 0 saturated carbocycles. The highest BCUT2D eigenvalue weighted by Gasteiger charge is 2.06. The van der Waals surface area contributed by atoms with E-state index in [-0.39, 0.29) is 0 Å². The van der Waals surface area contributed by atoms with Crippen LogP contribution in [0, 0.1) is 18.3 Å². The zero-order valence-electron chi connectivity index (χ0n) is 16.5. The first-order chi connectivity index (χ1) is 14.1. The summed E-state index contributed by atoms with van der Waals surface area (Å²) >= 11 is 0. The minimum absolute atomic E-state index is 0.666. The van der Waals surface area contributed by atoms with E-state index in [2.05, 4.69) is 72.5 Å². The summed E-state index contributed by atoms with van der Waals surface area (Å²) in [7, 11) is 0. The molecular formula is C26H23N3. The molecule has 4 rings (SSSR count). The number of aromatic nitrogens is 1. The van der Waals surface area contributed by atoms with E-state index in [0.717, 1.165) is 35.4 Å². The van der Waals surface area contributed by atoms with Crippen molar-refractivity contribution in [3.8, 4) is 17.2 Å². The molecule has 0 saturated heterocycles. The van der Waals surface area contributed by atoms with Crippen LogP contribution in [0.1, 0.15) is 22.3 Å². The Hall–Kier alpha value is -3.77. The lowest BCUT2D eigenvalue weighted by Gasteiger charge is -2.11. The molecule has 142 valence electrons. The number of aryl methyl sites for hydroxylation is 1. The fourth-order valence-electron chi connectivity index (χ4n) is 3.60. The van der Waals surface area contributed by atoms with Gasteiger partial charge in [0.25, 0.3) is 0 Å². The van der Waals surface area contributed by atoms with Crippen molar-refractivity contribution in [1.82, 2.24) is 10.3 Å². The number of nitriles is 1. The number of fused-ring (bicyclic) bond motifs is 1. The Balaban J connectivity index is 1.45. The second-order valence-corrected chi connectivity index (χ2v) is 7.29. The van der Waals surface area contributed by atoms with E-state index in [1.807, 2.05) is 30.3 Å².